The molecule has 3 aromatic rings. The van der Waals surface area contributed by atoms with Crippen LogP contribution in [0.2, 0.25) is 5.02 Å². The molecule has 2 aromatic heterocycles. The van der Waals surface area contributed by atoms with E-state index in [1.807, 2.05) is 36.4 Å². The number of nitrogens with zero attached hydrogens (tertiary/aromatic N) is 2. The Balaban J connectivity index is 1.35. The molecule has 1 aromatic carbocycles. The van der Waals surface area contributed by atoms with Crippen LogP contribution in [0.5, 0.6) is 5.75 Å². The van der Waals surface area contributed by atoms with Gasteiger partial charge in [-0.05, 0) is 36.4 Å². The second-order valence-electron chi connectivity index (χ2n) is 9.24. The van der Waals surface area contributed by atoms with Crippen LogP contribution in [0.4, 0.5) is 0 Å². The van der Waals surface area contributed by atoms with Gasteiger partial charge in [0.05, 0.1) is 115 Å². The number of hydrogen-bond acceptors (Lipinski definition) is 10. The van der Waals surface area contributed by atoms with Gasteiger partial charge in [-0.15, -0.1) is 0 Å². The maximum absolute atomic E-state index is 10.8. The Bertz CT molecular complexity index is 1110. The van der Waals surface area contributed by atoms with Crippen LogP contribution in [-0.4, -0.2) is 67.9 Å². The summed E-state index contributed by atoms with van der Waals surface area (Å²) in [7, 11) is 0. The monoisotopic (exact) mass is 588 g/mol. The minimum atomic E-state index is 0.0929. The molecule has 0 unspecified atom stereocenters. The average molecular weight is 589 g/mol. The van der Waals surface area contributed by atoms with Gasteiger partial charge in [0.2, 0.25) is 0 Å². The number of hydrogen-bond donors (Lipinski definition) is 1. The highest BCUT2D eigenvalue weighted by Crippen LogP contribution is 2.29. The zero-order valence-corrected chi connectivity index (χ0v) is 23.9. The summed E-state index contributed by atoms with van der Waals surface area (Å²) in [5.41, 5.74) is 4.25. The molecule has 1 N–H and O–H groups in total. The smallest absolute Gasteiger partial charge is 0.126 e. The van der Waals surface area contributed by atoms with Gasteiger partial charge in [0.1, 0.15) is 5.75 Å². The highest BCUT2D eigenvalue weighted by atomic mass is 35.5. The van der Waals surface area contributed by atoms with Crippen molar-refractivity contribution in [3.8, 4) is 5.75 Å². The van der Waals surface area contributed by atoms with Gasteiger partial charge in [-0.1, -0.05) is 23.7 Å². The molecule has 0 amide bonds. The zero-order valence-electron chi connectivity index (χ0n) is 23.1. The second kappa shape index (κ2) is 18.0. The topological polar surface area (TPSA) is 111 Å². The van der Waals surface area contributed by atoms with E-state index in [0.29, 0.717) is 82.2 Å². The molecular formula is C30H37ClN2O8. The molecule has 0 radical (unpaired) electrons. The van der Waals surface area contributed by atoms with E-state index in [4.69, 9.17) is 44.8 Å². The van der Waals surface area contributed by atoms with Gasteiger partial charge in [0.15, 0.2) is 0 Å². The molecule has 4 rings (SSSR count). The van der Waals surface area contributed by atoms with Crippen molar-refractivity contribution >= 4 is 11.6 Å². The molecule has 0 saturated carbocycles. The van der Waals surface area contributed by atoms with Crippen molar-refractivity contribution in [1.29, 1.82) is 0 Å². The minimum absolute atomic E-state index is 0.0929. The molecule has 0 spiro atoms. The van der Waals surface area contributed by atoms with E-state index in [1.165, 1.54) is 0 Å². The summed E-state index contributed by atoms with van der Waals surface area (Å²) in [6.07, 6.45) is 0. The summed E-state index contributed by atoms with van der Waals surface area (Å²) < 4.78 is 39.7. The van der Waals surface area contributed by atoms with Crippen molar-refractivity contribution in [2.45, 2.75) is 39.6 Å². The number of ether oxygens (including phenoxy) is 7. The van der Waals surface area contributed by atoms with Crippen molar-refractivity contribution in [2.24, 2.45) is 0 Å². The fraction of sp³-hybridized carbons (Fsp3) is 0.467. The lowest BCUT2D eigenvalue weighted by Crippen LogP contribution is -2.13. The van der Waals surface area contributed by atoms with E-state index in [0.717, 1.165) is 22.8 Å². The normalized spacial score (nSPS) is 17.9. The summed E-state index contributed by atoms with van der Waals surface area (Å²) in [6.45, 7) is 5.38. The van der Waals surface area contributed by atoms with Gasteiger partial charge in [-0.3, -0.25) is 9.97 Å². The Hall–Kier alpha value is -2.67. The first kappa shape index (κ1) is 31.3. The van der Waals surface area contributed by atoms with Crippen LogP contribution in [0.15, 0.2) is 48.5 Å². The maximum Gasteiger partial charge on any atom is 0.126 e. The molecule has 222 valence electrons. The number of fused-ring (bicyclic) bond motifs is 6. The van der Waals surface area contributed by atoms with E-state index in [2.05, 4.69) is 9.97 Å². The number of halogens is 1. The lowest BCUT2D eigenvalue weighted by atomic mass is 10.1. The van der Waals surface area contributed by atoms with Crippen molar-refractivity contribution in [1.82, 2.24) is 9.97 Å². The molecule has 41 heavy (non-hydrogen) atoms. The van der Waals surface area contributed by atoms with Crippen molar-refractivity contribution < 1.29 is 38.3 Å². The fourth-order valence-electron chi connectivity index (χ4n) is 3.98. The predicted molar refractivity (Wildman–Crippen MR) is 150 cm³/mol. The van der Waals surface area contributed by atoms with Crippen molar-refractivity contribution in [2.75, 3.05) is 52.9 Å². The molecule has 1 aliphatic heterocycles. The van der Waals surface area contributed by atoms with Gasteiger partial charge in [-0.25, -0.2) is 0 Å². The first-order valence-corrected chi connectivity index (χ1v) is 14.0. The molecule has 0 aliphatic carbocycles. The van der Waals surface area contributed by atoms with Gasteiger partial charge in [0.25, 0.3) is 0 Å². The van der Waals surface area contributed by atoms with Crippen LogP contribution in [0.25, 0.3) is 0 Å². The van der Waals surface area contributed by atoms with Crippen molar-refractivity contribution in [3.63, 3.8) is 0 Å². The Morgan fingerprint density at radius 2 is 0.829 bits per heavy atom. The second-order valence-corrected chi connectivity index (χ2v) is 9.68. The third-order valence-corrected chi connectivity index (χ3v) is 6.18. The van der Waals surface area contributed by atoms with Gasteiger partial charge < -0.3 is 38.3 Å². The lowest BCUT2D eigenvalue weighted by Gasteiger charge is -2.13. The van der Waals surface area contributed by atoms with Crippen LogP contribution >= 0.6 is 11.6 Å². The molecule has 0 fully saturated rings. The van der Waals surface area contributed by atoms with Gasteiger partial charge in [-0.2, -0.15) is 0 Å². The molecule has 1 aliphatic rings. The number of aromatic hydroxyl groups is 1. The van der Waals surface area contributed by atoms with E-state index in [-0.39, 0.29) is 32.2 Å². The Morgan fingerprint density at radius 3 is 1.22 bits per heavy atom. The van der Waals surface area contributed by atoms with Crippen LogP contribution in [0, 0.1) is 0 Å². The molecule has 11 heteroatoms. The van der Waals surface area contributed by atoms with Crippen LogP contribution in [0.3, 0.4) is 0 Å². The SMILES string of the molecule is Oc1c2cc(Cl)cc1COCc1cccc(n1)COCCOCCOCCOCCOCc1cccc(n1)COC2. The third kappa shape index (κ3) is 11.6. The van der Waals surface area contributed by atoms with E-state index in [1.54, 1.807) is 12.1 Å². The van der Waals surface area contributed by atoms with Gasteiger partial charge >= 0.3 is 0 Å². The summed E-state index contributed by atoms with van der Waals surface area (Å²) in [4.78, 5) is 9.17. The van der Waals surface area contributed by atoms with E-state index >= 15 is 0 Å². The number of aromatic nitrogens is 2. The van der Waals surface area contributed by atoms with Crippen LogP contribution in [0.1, 0.15) is 33.9 Å². The van der Waals surface area contributed by atoms with Crippen molar-refractivity contribution in [3.05, 3.63) is 87.5 Å². The van der Waals surface area contributed by atoms with Gasteiger partial charge in [0, 0.05) is 16.1 Å². The van der Waals surface area contributed by atoms with E-state index in [9.17, 15) is 5.11 Å². The van der Waals surface area contributed by atoms with E-state index < -0.39 is 0 Å². The number of phenols is 1. The third-order valence-electron chi connectivity index (χ3n) is 5.96. The Labute approximate surface area is 245 Å². The van der Waals surface area contributed by atoms with Crippen LogP contribution in [-0.2, 0) is 72.8 Å². The maximum atomic E-state index is 10.8. The van der Waals surface area contributed by atoms with Crippen LogP contribution < -0.4 is 0 Å². The molecule has 0 saturated heterocycles. The summed E-state index contributed by atoms with van der Waals surface area (Å²) in [6, 6.07) is 14.8. The Morgan fingerprint density at radius 1 is 0.488 bits per heavy atom. The minimum Gasteiger partial charge on any atom is -0.507 e. The number of phenolic OH excluding ortho intramolecular Hbond substituents is 1. The predicted octanol–water partition coefficient (Wildman–Crippen LogP) is 4.37. The average Bonchev–Trinajstić information content (AvgIpc) is 2.97. The highest BCUT2D eigenvalue weighted by Gasteiger charge is 2.11. The molecular weight excluding hydrogens is 552 g/mol. The number of rotatable bonds is 0. The lowest BCUT2D eigenvalue weighted by molar-refractivity contribution is -0.0142. The number of benzene rings is 1. The first-order chi connectivity index (χ1) is 20.2. The number of pyridine rings is 2. The zero-order chi connectivity index (χ0) is 28.5. The summed E-state index contributed by atoms with van der Waals surface area (Å²) in [5, 5.41) is 11.3. The molecule has 10 nitrogen and oxygen atoms in total. The largest absolute Gasteiger partial charge is 0.507 e. The quantitative estimate of drug-likeness (QED) is 0.406. The molecule has 3 heterocycles. The standard InChI is InChI=1S/C30H37ClN2O8/c31-25-15-23-17-40-21-28-5-1-3-26(32-28)19-38-13-11-36-9-7-35-8-10-37-12-14-39-20-27-4-2-6-29(33-27)22-41-18-24(16-25)30(23)34/h1-6,15-16,34H,7-14,17-22H2. The highest BCUT2D eigenvalue weighted by molar-refractivity contribution is 6.30. The first-order valence-electron chi connectivity index (χ1n) is 13.6. The summed E-state index contributed by atoms with van der Waals surface area (Å²) >= 11 is 6.33. The fourth-order valence-corrected chi connectivity index (χ4v) is 4.24. The Kier molecular flexibility index (Phi) is 13.7. The molecule has 6 bridgehead atoms. The summed E-state index contributed by atoms with van der Waals surface area (Å²) in [5.74, 6) is 0.0929. The molecule has 0 atom stereocenters.